The third-order valence-electron chi connectivity index (χ3n) is 1.25. The summed E-state index contributed by atoms with van der Waals surface area (Å²) in [5, 5.41) is 2.90. The largest absolute Gasteiger partial charge is 0.353 e. The highest BCUT2D eigenvalue weighted by Crippen LogP contribution is 1.95. The van der Waals surface area contributed by atoms with Crippen LogP contribution in [0.5, 0.6) is 0 Å². The van der Waals surface area contributed by atoms with Crippen LogP contribution in [0.2, 0.25) is 0 Å². The molecule has 0 aliphatic heterocycles. The minimum Gasteiger partial charge on any atom is -0.353 e. The summed E-state index contributed by atoms with van der Waals surface area (Å²) in [7, 11) is 0. The zero-order chi connectivity index (χ0) is 9.23. The van der Waals surface area contributed by atoms with Crippen molar-refractivity contribution in [3.8, 4) is 0 Å². The van der Waals surface area contributed by atoms with Crippen LogP contribution < -0.4 is 5.32 Å². The van der Waals surface area contributed by atoms with Gasteiger partial charge in [-0.1, -0.05) is 25.2 Å². The van der Waals surface area contributed by atoms with Gasteiger partial charge in [0.2, 0.25) is 0 Å². The minimum atomic E-state index is 0.976. The van der Waals surface area contributed by atoms with Gasteiger partial charge in [0.1, 0.15) is 0 Å². The number of nitrogens with zero attached hydrogens (tertiary/aromatic N) is 1. The lowest BCUT2D eigenvalue weighted by atomic mass is 10.2. The standard InChI is InChI=1S/C10H16N2/c1-4-7-11-9-12-8-6-10(3)5-2/h4,6-9H,3,5H2,1-2H3,(H,11,12)/b7-4+,8-6+. The van der Waals surface area contributed by atoms with Gasteiger partial charge >= 0.3 is 0 Å². The zero-order valence-electron chi connectivity index (χ0n) is 7.75. The molecular formula is C10H16N2. The molecule has 0 heterocycles. The number of rotatable bonds is 5. The van der Waals surface area contributed by atoms with Crippen molar-refractivity contribution in [2.75, 3.05) is 0 Å². The number of nitrogens with one attached hydrogen (secondary N) is 1. The van der Waals surface area contributed by atoms with Crippen LogP contribution >= 0.6 is 0 Å². The summed E-state index contributed by atoms with van der Waals surface area (Å²) in [6.45, 7) is 7.81. The molecule has 12 heavy (non-hydrogen) atoms. The fraction of sp³-hybridized carbons (Fsp3) is 0.300. The number of hydrogen-bond acceptors (Lipinski definition) is 1. The molecule has 66 valence electrons. The molecule has 0 aliphatic rings. The molecule has 0 atom stereocenters. The van der Waals surface area contributed by atoms with E-state index in [1.807, 2.05) is 25.3 Å². The van der Waals surface area contributed by atoms with Crippen LogP contribution in [0.15, 0.2) is 41.7 Å². The summed E-state index contributed by atoms with van der Waals surface area (Å²) in [4.78, 5) is 3.91. The van der Waals surface area contributed by atoms with Crippen LogP contribution in [-0.4, -0.2) is 6.34 Å². The van der Waals surface area contributed by atoms with Gasteiger partial charge in [-0.25, -0.2) is 4.99 Å². The smallest absolute Gasteiger partial charge is 0.0918 e. The lowest BCUT2D eigenvalue weighted by molar-refractivity contribution is 1.15. The first kappa shape index (κ1) is 10.7. The van der Waals surface area contributed by atoms with E-state index in [1.165, 1.54) is 0 Å². The fourth-order valence-corrected chi connectivity index (χ4v) is 0.499. The predicted molar refractivity (Wildman–Crippen MR) is 55.0 cm³/mol. The second-order valence-corrected chi connectivity index (χ2v) is 2.27. The van der Waals surface area contributed by atoms with E-state index in [0.29, 0.717) is 0 Å². The molecule has 2 heteroatoms. The van der Waals surface area contributed by atoms with E-state index in [2.05, 4.69) is 23.8 Å². The second-order valence-electron chi connectivity index (χ2n) is 2.27. The molecule has 1 N–H and O–H groups in total. The van der Waals surface area contributed by atoms with E-state index in [9.17, 15) is 0 Å². The molecule has 0 bridgehead atoms. The fourth-order valence-electron chi connectivity index (χ4n) is 0.499. The molecule has 0 fully saturated rings. The van der Waals surface area contributed by atoms with Gasteiger partial charge in [0.15, 0.2) is 0 Å². The number of hydrogen-bond donors (Lipinski definition) is 1. The van der Waals surface area contributed by atoms with Gasteiger partial charge in [-0.3, -0.25) is 0 Å². The van der Waals surface area contributed by atoms with Crippen LogP contribution in [0, 0.1) is 0 Å². The predicted octanol–water partition coefficient (Wildman–Crippen LogP) is 2.62. The van der Waals surface area contributed by atoms with Gasteiger partial charge < -0.3 is 5.32 Å². The Labute approximate surface area is 74.4 Å². The molecular weight excluding hydrogens is 148 g/mol. The first-order valence-electron chi connectivity index (χ1n) is 4.04. The highest BCUT2D eigenvalue weighted by Gasteiger charge is 1.77. The van der Waals surface area contributed by atoms with Crippen molar-refractivity contribution in [1.29, 1.82) is 0 Å². The van der Waals surface area contributed by atoms with Crippen molar-refractivity contribution >= 4 is 6.34 Å². The van der Waals surface area contributed by atoms with E-state index < -0.39 is 0 Å². The van der Waals surface area contributed by atoms with Gasteiger partial charge in [0.05, 0.1) is 6.34 Å². The number of allylic oxidation sites excluding steroid dienone is 3. The first-order chi connectivity index (χ1) is 5.81. The molecule has 0 spiro atoms. The summed E-state index contributed by atoms with van der Waals surface area (Å²) in [5.41, 5.74) is 1.10. The summed E-state index contributed by atoms with van der Waals surface area (Å²) < 4.78 is 0. The Kier molecular flexibility index (Phi) is 6.94. The Morgan fingerprint density at radius 2 is 2.33 bits per heavy atom. The van der Waals surface area contributed by atoms with E-state index in [0.717, 1.165) is 12.0 Å². The molecule has 0 saturated heterocycles. The van der Waals surface area contributed by atoms with Crippen LogP contribution in [-0.2, 0) is 0 Å². The maximum atomic E-state index is 3.91. The lowest BCUT2D eigenvalue weighted by Gasteiger charge is -1.90. The Morgan fingerprint density at radius 1 is 1.58 bits per heavy atom. The van der Waals surface area contributed by atoms with Crippen molar-refractivity contribution < 1.29 is 0 Å². The van der Waals surface area contributed by atoms with Crippen molar-refractivity contribution in [2.24, 2.45) is 4.99 Å². The van der Waals surface area contributed by atoms with Gasteiger partial charge in [-0.15, -0.1) is 0 Å². The van der Waals surface area contributed by atoms with Gasteiger partial charge in [-0.2, -0.15) is 0 Å². The maximum Gasteiger partial charge on any atom is 0.0918 e. The Bertz CT molecular complexity index is 200. The summed E-state index contributed by atoms with van der Waals surface area (Å²) >= 11 is 0. The van der Waals surface area contributed by atoms with Crippen LogP contribution in [0.25, 0.3) is 0 Å². The highest BCUT2D eigenvalue weighted by molar-refractivity contribution is 5.56. The average molecular weight is 164 g/mol. The molecule has 0 amide bonds. The molecule has 0 aliphatic carbocycles. The average Bonchev–Trinajstić information content (AvgIpc) is 2.10. The van der Waals surface area contributed by atoms with Gasteiger partial charge in [-0.05, 0) is 19.4 Å². The molecule has 0 aromatic rings. The monoisotopic (exact) mass is 164 g/mol. The summed E-state index contributed by atoms with van der Waals surface area (Å²) in [6.07, 6.45) is 9.94. The minimum absolute atomic E-state index is 0.976. The summed E-state index contributed by atoms with van der Waals surface area (Å²) in [5.74, 6) is 0. The maximum absolute atomic E-state index is 3.91. The van der Waals surface area contributed by atoms with Crippen molar-refractivity contribution in [2.45, 2.75) is 20.3 Å². The van der Waals surface area contributed by atoms with Crippen LogP contribution in [0.1, 0.15) is 20.3 Å². The zero-order valence-corrected chi connectivity index (χ0v) is 7.75. The molecule has 2 nitrogen and oxygen atoms in total. The van der Waals surface area contributed by atoms with Gasteiger partial charge in [0.25, 0.3) is 0 Å². The molecule has 0 aromatic carbocycles. The van der Waals surface area contributed by atoms with E-state index in [4.69, 9.17) is 0 Å². The highest BCUT2D eigenvalue weighted by atomic mass is 14.9. The Balaban J connectivity index is 3.55. The second kappa shape index (κ2) is 7.79. The topological polar surface area (TPSA) is 24.4 Å². The van der Waals surface area contributed by atoms with Crippen molar-refractivity contribution in [1.82, 2.24) is 5.32 Å². The SMILES string of the molecule is C=C(/C=C/NC=N/C=C/C)CC. The molecule has 0 radical (unpaired) electrons. The Morgan fingerprint density at radius 3 is 2.92 bits per heavy atom. The third kappa shape index (κ3) is 6.81. The first-order valence-corrected chi connectivity index (χ1v) is 4.04. The molecule has 0 saturated carbocycles. The number of aliphatic imine (C=N–C) groups is 1. The van der Waals surface area contributed by atoms with E-state index >= 15 is 0 Å². The van der Waals surface area contributed by atoms with E-state index in [1.54, 1.807) is 12.5 Å². The molecule has 0 aromatic heterocycles. The van der Waals surface area contributed by atoms with Crippen molar-refractivity contribution in [3.63, 3.8) is 0 Å². The summed E-state index contributed by atoms with van der Waals surface area (Å²) in [6, 6.07) is 0. The van der Waals surface area contributed by atoms with Crippen LogP contribution in [0.4, 0.5) is 0 Å². The normalized spacial score (nSPS) is 11.8. The van der Waals surface area contributed by atoms with Crippen molar-refractivity contribution in [3.05, 3.63) is 36.7 Å². The van der Waals surface area contributed by atoms with Gasteiger partial charge in [0, 0.05) is 12.4 Å². The van der Waals surface area contributed by atoms with Crippen LogP contribution in [0.3, 0.4) is 0 Å². The molecule has 0 unspecified atom stereocenters. The quantitative estimate of drug-likeness (QED) is 0.377. The third-order valence-corrected chi connectivity index (χ3v) is 1.25. The molecule has 0 rings (SSSR count). The van der Waals surface area contributed by atoms with E-state index in [-0.39, 0.29) is 0 Å². The Hall–Kier alpha value is -1.31. The lowest BCUT2D eigenvalue weighted by Crippen LogP contribution is -1.99.